The summed E-state index contributed by atoms with van der Waals surface area (Å²) in [6.07, 6.45) is 0.354. The zero-order valence-corrected chi connectivity index (χ0v) is 11.7. The van der Waals surface area contributed by atoms with E-state index in [2.05, 4.69) is 10.4 Å². The summed E-state index contributed by atoms with van der Waals surface area (Å²) in [5.74, 6) is -1.37. The maximum Gasteiger partial charge on any atom is 0.326 e. The second-order valence-electron chi connectivity index (χ2n) is 4.31. The van der Waals surface area contributed by atoms with E-state index in [1.165, 1.54) is 11.3 Å². The van der Waals surface area contributed by atoms with Gasteiger partial charge < -0.3 is 10.4 Å². The molecular formula is C12H15N3O3S. The van der Waals surface area contributed by atoms with Gasteiger partial charge in [-0.05, 0) is 19.4 Å². The highest BCUT2D eigenvalue weighted by Crippen LogP contribution is 2.27. The van der Waals surface area contributed by atoms with Gasteiger partial charge in [-0.2, -0.15) is 5.10 Å². The number of carboxylic acids is 1. The summed E-state index contributed by atoms with van der Waals surface area (Å²) in [6.45, 7) is 3.60. The highest BCUT2D eigenvalue weighted by molar-refractivity contribution is 7.20. The van der Waals surface area contributed by atoms with Crippen molar-refractivity contribution < 1.29 is 14.7 Å². The van der Waals surface area contributed by atoms with E-state index in [1.807, 2.05) is 14.0 Å². The van der Waals surface area contributed by atoms with Crippen molar-refractivity contribution >= 4 is 33.4 Å². The Balaban J connectivity index is 2.27. The number of nitrogens with one attached hydrogen (secondary N) is 1. The summed E-state index contributed by atoms with van der Waals surface area (Å²) in [7, 11) is 1.82. The number of hydrogen-bond acceptors (Lipinski definition) is 4. The predicted octanol–water partition coefficient (Wildman–Crippen LogP) is 1.54. The number of aliphatic carboxylic acids is 1. The van der Waals surface area contributed by atoms with Gasteiger partial charge >= 0.3 is 5.97 Å². The van der Waals surface area contributed by atoms with Gasteiger partial charge in [0.2, 0.25) is 0 Å². The Morgan fingerprint density at radius 1 is 1.58 bits per heavy atom. The highest BCUT2D eigenvalue weighted by Gasteiger charge is 2.21. The van der Waals surface area contributed by atoms with Crippen molar-refractivity contribution in [2.24, 2.45) is 7.05 Å². The molecule has 0 aliphatic heterocycles. The predicted molar refractivity (Wildman–Crippen MR) is 72.5 cm³/mol. The quantitative estimate of drug-likeness (QED) is 0.890. The van der Waals surface area contributed by atoms with Gasteiger partial charge in [0.05, 0.1) is 10.6 Å². The average molecular weight is 281 g/mol. The van der Waals surface area contributed by atoms with E-state index in [4.69, 9.17) is 5.11 Å². The lowest BCUT2D eigenvalue weighted by molar-refractivity contribution is -0.139. The minimum Gasteiger partial charge on any atom is -0.480 e. The molecule has 2 aromatic rings. The van der Waals surface area contributed by atoms with Crippen LogP contribution in [-0.2, 0) is 11.8 Å². The molecule has 2 N–H and O–H groups in total. The van der Waals surface area contributed by atoms with Crippen molar-refractivity contribution in [3.8, 4) is 0 Å². The zero-order chi connectivity index (χ0) is 14.2. The topological polar surface area (TPSA) is 84.2 Å². The van der Waals surface area contributed by atoms with Gasteiger partial charge in [0.25, 0.3) is 5.91 Å². The minimum atomic E-state index is -1.02. The molecule has 1 amide bonds. The molecule has 0 fully saturated rings. The Hall–Kier alpha value is -1.89. The van der Waals surface area contributed by atoms with E-state index in [9.17, 15) is 9.59 Å². The number of thiophene rings is 1. The fraction of sp³-hybridized carbons (Fsp3) is 0.417. The number of rotatable bonds is 4. The lowest BCUT2D eigenvalue weighted by Gasteiger charge is -2.10. The smallest absolute Gasteiger partial charge is 0.326 e. The molecule has 1 atom stereocenters. The first-order valence-electron chi connectivity index (χ1n) is 5.90. The summed E-state index contributed by atoms with van der Waals surface area (Å²) in [6, 6.07) is 0.906. The van der Waals surface area contributed by atoms with Crippen LogP contribution in [0.5, 0.6) is 0 Å². The number of nitrogens with zero attached hydrogens (tertiary/aromatic N) is 2. The van der Waals surface area contributed by atoms with Crippen LogP contribution in [0, 0.1) is 6.92 Å². The number of aromatic nitrogens is 2. The van der Waals surface area contributed by atoms with Gasteiger partial charge in [0.1, 0.15) is 10.9 Å². The number of aryl methyl sites for hydroxylation is 2. The molecule has 2 aromatic heterocycles. The summed E-state index contributed by atoms with van der Waals surface area (Å²) >= 11 is 1.31. The molecule has 0 saturated carbocycles. The van der Waals surface area contributed by atoms with Gasteiger partial charge in [-0.1, -0.05) is 6.92 Å². The molecule has 0 aromatic carbocycles. The van der Waals surface area contributed by atoms with Crippen LogP contribution in [-0.4, -0.2) is 32.8 Å². The van der Waals surface area contributed by atoms with Crippen molar-refractivity contribution in [3.63, 3.8) is 0 Å². The fourth-order valence-electron chi connectivity index (χ4n) is 1.88. The molecule has 6 nitrogen and oxygen atoms in total. The van der Waals surface area contributed by atoms with E-state index >= 15 is 0 Å². The van der Waals surface area contributed by atoms with Gasteiger partial charge in [0.15, 0.2) is 0 Å². The van der Waals surface area contributed by atoms with Crippen LogP contribution in [0.4, 0.5) is 0 Å². The van der Waals surface area contributed by atoms with E-state index in [0.717, 1.165) is 15.9 Å². The van der Waals surface area contributed by atoms with Crippen molar-refractivity contribution in [2.45, 2.75) is 26.3 Å². The Bertz CT molecular complexity index is 609. The summed E-state index contributed by atoms with van der Waals surface area (Å²) < 4.78 is 1.72. The average Bonchev–Trinajstić information content (AvgIpc) is 2.89. The van der Waals surface area contributed by atoms with Crippen LogP contribution in [0.25, 0.3) is 10.2 Å². The third-order valence-corrected chi connectivity index (χ3v) is 4.13. The largest absolute Gasteiger partial charge is 0.480 e. The monoisotopic (exact) mass is 281 g/mol. The fourth-order valence-corrected chi connectivity index (χ4v) is 2.91. The van der Waals surface area contributed by atoms with Crippen LogP contribution in [0.15, 0.2) is 6.07 Å². The van der Waals surface area contributed by atoms with Gasteiger partial charge in [-0.25, -0.2) is 4.79 Å². The standard InChI is InChI=1S/C12H15N3O3S/c1-4-8(12(17)18)13-10(16)9-5-7-6(2)14-15(3)11(7)19-9/h5,8H,4H2,1-3H3,(H,13,16)(H,17,18). The maximum absolute atomic E-state index is 12.0. The van der Waals surface area contributed by atoms with Crippen LogP contribution in [0.3, 0.4) is 0 Å². The highest BCUT2D eigenvalue weighted by atomic mass is 32.1. The van der Waals surface area contributed by atoms with Crippen molar-refractivity contribution in [3.05, 3.63) is 16.6 Å². The van der Waals surface area contributed by atoms with E-state index in [0.29, 0.717) is 11.3 Å². The molecule has 0 bridgehead atoms. The lowest BCUT2D eigenvalue weighted by atomic mass is 10.2. The molecule has 1 unspecified atom stereocenters. The molecular weight excluding hydrogens is 266 g/mol. The Labute approximate surface area is 114 Å². The molecule has 2 heterocycles. The molecule has 0 aliphatic carbocycles. The zero-order valence-electron chi connectivity index (χ0n) is 10.9. The number of fused-ring (bicyclic) bond motifs is 1. The molecule has 0 saturated heterocycles. The van der Waals surface area contributed by atoms with Crippen LogP contribution < -0.4 is 5.32 Å². The van der Waals surface area contributed by atoms with Gasteiger partial charge in [0, 0.05) is 12.4 Å². The minimum absolute atomic E-state index is 0.352. The van der Waals surface area contributed by atoms with Crippen LogP contribution in [0.2, 0.25) is 0 Å². The Kier molecular flexibility index (Phi) is 3.57. The molecule has 0 spiro atoms. The summed E-state index contributed by atoms with van der Waals surface area (Å²) in [5, 5.41) is 16.6. The molecule has 2 rings (SSSR count). The number of hydrogen-bond donors (Lipinski definition) is 2. The molecule has 0 radical (unpaired) electrons. The molecule has 0 aliphatic rings. The first-order valence-corrected chi connectivity index (χ1v) is 6.72. The second-order valence-corrected chi connectivity index (χ2v) is 5.34. The summed E-state index contributed by atoms with van der Waals surface area (Å²) in [4.78, 5) is 24.3. The summed E-state index contributed by atoms with van der Waals surface area (Å²) in [5.41, 5.74) is 0.859. The third-order valence-electron chi connectivity index (χ3n) is 2.93. The van der Waals surface area contributed by atoms with Gasteiger partial charge in [-0.3, -0.25) is 9.48 Å². The lowest BCUT2D eigenvalue weighted by Crippen LogP contribution is -2.39. The molecule has 19 heavy (non-hydrogen) atoms. The SMILES string of the molecule is CCC(NC(=O)c1cc2c(C)nn(C)c2s1)C(=O)O. The van der Waals surface area contributed by atoms with Crippen molar-refractivity contribution in [1.82, 2.24) is 15.1 Å². The Morgan fingerprint density at radius 3 is 2.79 bits per heavy atom. The van der Waals surface area contributed by atoms with E-state index in [1.54, 1.807) is 17.7 Å². The second kappa shape index (κ2) is 5.00. The normalized spacial score (nSPS) is 12.6. The van der Waals surface area contributed by atoms with Crippen molar-refractivity contribution in [2.75, 3.05) is 0 Å². The number of carbonyl (C=O) groups is 2. The number of carbonyl (C=O) groups excluding carboxylic acids is 1. The maximum atomic E-state index is 12.0. The van der Waals surface area contributed by atoms with Crippen LogP contribution in [0.1, 0.15) is 28.7 Å². The molecule has 7 heteroatoms. The molecule has 102 valence electrons. The van der Waals surface area contributed by atoms with Crippen LogP contribution >= 0.6 is 11.3 Å². The first kappa shape index (κ1) is 13.5. The van der Waals surface area contributed by atoms with E-state index in [-0.39, 0.29) is 5.91 Å². The Morgan fingerprint density at radius 2 is 2.26 bits per heavy atom. The van der Waals surface area contributed by atoms with E-state index < -0.39 is 12.0 Å². The number of amides is 1. The van der Waals surface area contributed by atoms with Crippen molar-refractivity contribution in [1.29, 1.82) is 0 Å². The third kappa shape index (κ3) is 2.46. The number of carboxylic acid groups (broad SMARTS) is 1. The van der Waals surface area contributed by atoms with Gasteiger partial charge in [-0.15, -0.1) is 11.3 Å². The first-order chi connectivity index (χ1) is 8.93.